The van der Waals surface area contributed by atoms with E-state index in [1.165, 1.54) is 0 Å². The lowest BCUT2D eigenvalue weighted by atomic mass is 10.1. The smallest absolute Gasteiger partial charge is 0.155 e. The first-order chi connectivity index (χ1) is 15.3. The second-order valence-electron chi connectivity index (χ2n) is 9.02. The zero-order valence-corrected chi connectivity index (χ0v) is 19.3. The standard InChI is InChI=1S/C26H29N3O3/c1-26(2,3)32-28-22-16-25(23-14-18-8-6-7-9-19(18)17-27-23)31-24-11-10-20(15-21(22)24)30-13-12-29(4)5/h6-11,14-17H,12-13H2,1-5H3. The van der Waals surface area contributed by atoms with Crippen LogP contribution in [0.3, 0.4) is 0 Å². The first kappa shape index (κ1) is 21.8. The van der Waals surface area contributed by atoms with Crippen molar-refractivity contribution in [3.8, 4) is 17.2 Å². The van der Waals surface area contributed by atoms with Gasteiger partial charge in [0.05, 0.1) is 5.39 Å². The number of hydrogen-bond acceptors (Lipinski definition) is 6. The third-order valence-corrected chi connectivity index (χ3v) is 4.82. The summed E-state index contributed by atoms with van der Waals surface area (Å²) in [6.07, 6.45) is 1.86. The van der Waals surface area contributed by atoms with Crippen LogP contribution >= 0.6 is 0 Å². The monoisotopic (exact) mass is 431 g/mol. The Labute approximate surface area is 188 Å². The molecule has 0 bridgehead atoms. The normalized spacial score (nSPS) is 12.6. The number of likely N-dealkylation sites (N-methyl/N-ethyl adjacent to an activating group) is 1. The van der Waals surface area contributed by atoms with E-state index < -0.39 is 5.60 Å². The van der Waals surface area contributed by atoms with Crippen molar-refractivity contribution in [1.29, 1.82) is 0 Å². The molecule has 32 heavy (non-hydrogen) atoms. The molecule has 0 saturated heterocycles. The van der Waals surface area contributed by atoms with Crippen LogP contribution in [0, 0.1) is 0 Å². The maximum absolute atomic E-state index is 6.23. The van der Waals surface area contributed by atoms with Crippen molar-refractivity contribution in [2.45, 2.75) is 26.4 Å². The molecule has 2 aromatic heterocycles. The molecule has 2 heterocycles. The Balaban J connectivity index is 1.80. The lowest BCUT2D eigenvalue weighted by molar-refractivity contribution is -0.00585. The van der Waals surface area contributed by atoms with Crippen molar-refractivity contribution in [3.05, 3.63) is 66.2 Å². The average molecular weight is 432 g/mol. The summed E-state index contributed by atoms with van der Waals surface area (Å²) in [5, 5.41) is 8.12. The molecule has 0 saturated carbocycles. The highest BCUT2D eigenvalue weighted by molar-refractivity contribution is 5.85. The van der Waals surface area contributed by atoms with Crippen LogP contribution in [0.4, 0.5) is 0 Å². The van der Waals surface area contributed by atoms with Crippen molar-refractivity contribution >= 4 is 21.7 Å². The number of hydrogen-bond donors (Lipinski definition) is 0. The van der Waals surface area contributed by atoms with Gasteiger partial charge in [0.25, 0.3) is 0 Å². The highest BCUT2D eigenvalue weighted by Crippen LogP contribution is 2.26. The molecule has 0 radical (unpaired) electrons. The minimum absolute atomic E-state index is 0.416. The van der Waals surface area contributed by atoms with E-state index in [1.807, 2.05) is 89.6 Å². The predicted octanol–water partition coefficient (Wildman–Crippen LogP) is 5.22. The van der Waals surface area contributed by atoms with E-state index in [9.17, 15) is 0 Å². The van der Waals surface area contributed by atoms with Crippen LogP contribution < -0.4 is 10.1 Å². The number of nitrogens with zero attached hydrogens (tertiary/aromatic N) is 3. The molecular formula is C26H29N3O3. The Morgan fingerprint density at radius 2 is 1.78 bits per heavy atom. The molecule has 6 heteroatoms. The highest BCUT2D eigenvalue weighted by atomic mass is 16.6. The zero-order chi connectivity index (χ0) is 22.7. The van der Waals surface area contributed by atoms with Crippen LogP contribution in [-0.2, 0) is 4.84 Å². The Hall–Kier alpha value is -3.38. The number of benzene rings is 2. The van der Waals surface area contributed by atoms with E-state index >= 15 is 0 Å². The fourth-order valence-electron chi connectivity index (χ4n) is 3.19. The van der Waals surface area contributed by atoms with Crippen molar-refractivity contribution in [1.82, 2.24) is 9.88 Å². The first-order valence-electron chi connectivity index (χ1n) is 10.7. The molecule has 166 valence electrons. The summed E-state index contributed by atoms with van der Waals surface area (Å²) in [7, 11) is 4.04. The quantitative estimate of drug-likeness (QED) is 0.392. The van der Waals surface area contributed by atoms with Crippen molar-refractivity contribution in [2.24, 2.45) is 5.16 Å². The molecule has 0 atom stereocenters. The second kappa shape index (κ2) is 9.01. The fourth-order valence-corrected chi connectivity index (χ4v) is 3.19. The van der Waals surface area contributed by atoms with Crippen LogP contribution in [0.5, 0.6) is 5.75 Å². The van der Waals surface area contributed by atoms with E-state index in [1.54, 1.807) is 0 Å². The van der Waals surface area contributed by atoms with Crippen LogP contribution in [0.15, 0.2) is 70.4 Å². The van der Waals surface area contributed by atoms with Gasteiger partial charge in [-0.25, -0.2) is 0 Å². The second-order valence-corrected chi connectivity index (χ2v) is 9.02. The summed E-state index contributed by atoms with van der Waals surface area (Å²) < 4.78 is 12.1. The first-order valence-corrected chi connectivity index (χ1v) is 10.7. The van der Waals surface area contributed by atoms with E-state index in [-0.39, 0.29) is 0 Å². The van der Waals surface area contributed by atoms with Gasteiger partial charge in [-0.2, -0.15) is 0 Å². The number of rotatable bonds is 6. The lowest BCUT2D eigenvalue weighted by Crippen LogP contribution is -2.19. The van der Waals surface area contributed by atoms with Crippen molar-refractivity contribution in [2.75, 3.05) is 27.2 Å². The van der Waals surface area contributed by atoms with Crippen LogP contribution in [0.1, 0.15) is 20.8 Å². The Morgan fingerprint density at radius 1 is 1.00 bits per heavy atom. The largest absolute Gasteiger partial charge is 0.492 e. The molecule has 0 unspecified atom stereocenters. The molecule has 0 aliphatic rings. The summed E-state index contributed by atoms with van der Waals surface area (Å²) in [6.45, 7) is 7.33. The van der Waals surface area contributed by atoms with Gasteiger partial charge >= 0.3 is 0 Å². The molecular weight excluding hydrogens is 402 g/mol. The van der Waals surface area contributed by atoms with Crippen LogP contribution in [-0.4, -0.2) is 42.7 Å². The minimum atomic E-state index is -0.416. The summed E-state index contributed by atoms with van der Waals surface area (Å²) >= 11 is 0. The molecule has 2 aromatic carbocycles. The van der Waals surface area contributed by atoms with E-state index in [4.69, 9.17) is 14.0 Å². The van der Waals surface area contributed by atoms with Gasteiger partial charge in [-0.1, -0.05) is 29.4 Å². The van der Waals surface area contributed by atoms with Gasteiger partial charge in [0.2, 0.25) is 0 Å². The maximum atomic E-state index is 6.23. The summed E-state index contributed by atoms with van der Waals surface area (Å²) in [4.78, 5) is 12.4. The Kier molecular flexibility index (Phi) is 6.15. The molecule has 0 amide bonds. The SMILES string of the molecule is CN(C)CCOc1ccc2oc(-c3cc4ccccc4cn3)cc(=NOC(C)(C)C)c2c1. The van der Waals surface area contributed by atoms with Gasteiger partial charge in [-0.15, -0.1) is 0 Å². The molecule has 4 rings (SSSR count). The molecule has 4 aromatic rings. The van der Waals surface area contributed by atoms with Crippen LogP contribution in [0.2, 0.25) is 0 Å². The van der Waals surface area contributed by atoms with Gasteiger partial charge in [-0.05, 0) is 64.5 Å². The lowest BCUT2D eigenvalue weighted by Gasteiger charge is -2.15. The van der Waals surface area contributed by atoms with Gasteiger partial charge in [0.1, 0.15) is 34.6 Å². The third kappa shape index (κ3) is 5.26. The third-order valence-electron chi connectivity index (χ3n) is 4.82. The van der Waals surface area contributed by atoms with Crippen molar-refractivity contribution < 1.29 is 14.0 Å². The Bertz CT molecular complexity index is 1300. The number of pyridine rings is 1. The number of ether oxygens (including phenoxy) is 1. The molecule has 0 N–H and O–H groups in total. The van der Waals surface area contributed by atoms with Gasteiger partial charge in [0, 0.05) is 24.2 Å². The molecule has 6 nitrogen and oxygen atoms in total. The van der Waals surface area contributed by atoms with E-state index in [0.29, 0.717) is 23.3 Å². The van der Waals surface area contributed by atoms with E-state index in [0.717, 1.165) is 34.1 Å². The van der Waals surface area contributed by atoms with Gasteiger partial charge in [0.15, 0.2) is 5.76 Å². The summed E-state index contributed by atoms with van der Waals surface area (Å²) in [5.74, 6) is 1.39. The molecule has 0 aliphatic carbocycles. The van der Waals surface area contributed by atoms with Gasteiger partial charge < -0.3 is 18.9 Å². The average Bonchev–Trinajstić information content (AvgIpc) is 2.76. The highest BCUT2D eigenvalue weighted by Gasteiger charge is 2.13. The molecule has 0 spiro atoms. The van der Waals surface area contributed by atoms with E-state index in [2.05, 4.69) is 21.1 Å². The summed E-state index contributed by atoms with van der Waals surface area (Å²) in [5.41, 5.74) is 1.01. The van der Waals surface area contributed by atoms with Crippen LogP contribution in [0.25, 0.3) is 33.2 Å². The predicted molar refractivity (Wildman–Crippen MR) is 127 cm³/mol. The van der Waals surface area contributed by atoms with Crippen molar-refractivity contribution in [3.63, 3.8) is 0 Å². The topological polar surface area (TPSA) is 60.1 Å². The number of aromatic nitrogens is 1. The number of fused-ring (bicyclic) bond motifs is 2. The summed E-state index contributed by atoms with van der Waals surface area (Å²) in [6, 6.07) is 17.8. The maximum Gasteiger partial charge on any atom is 0.155 e. The van der Waals surface area contributed by atoms with Gasteiger partial charge in [-0.3, -0.25) is 4.98 Å². The fraction of sp³-hybridized carbons (Fsp3) is 0.308. The minimum Gasteiger partial charge on any atom is -0.492 e. The zero-order valence-electron chi connectivity index (χ0n) is 19.3. The molecule has 0 aliphatic heterocycles. The molecule has 0 fully saturated rings. The Morgan fingerprint density at radius 3 is 2.53 bits per heavy atom.